The maximum atomic E-state index is 13.2. The Hall–Kier alpha value is -3.08. The van der Waals surface area contributed by atoms with Crippen LogP contribution in [0.4, 0.5) is 5.69 Å². The standard InChI is InChI=1S/C25H31N3O2/c1-18(2)16-19(3)28(22-11-12-23-21(17-22)13-15-26-23)24(29)10-7-14-27-25(30)20-8-5-4-6-9-20/h4-6,8-9,11-13,15,17-19,26H,7,10,14,16H2,1-3H3,(H,27,30). The lowest BCUT2D eigenvalue weighted by Crippen LogP contribution is -2.40. The third-order valence-corrected chi connectivity index (χ3v) is 5.23. The third-order valence-electron chi connectivity index (χ3n) is 5.23. The number of hydrogen-bond acceptors (Lipinski definition) is 2. The molecule has 0 radical (unpaired) electrons. The Morgan fingerprint density at radius 2 is 1.80 bits per heavy atom. The Morgan fingerprint density at radius 1 is 1.03 bits per heavy atom. The first kappa shape index (κ1) is 21.6. The normalized spacial score (nSPS) is 12.1. The zero-order valence-electron chi connectivity index (χ0n) is 18.0. The fourth-order valence-electron chi connectivity index (χ4n) is 3.88. The highest BCUT2D eigenvalue weighted by Crippen LogP contribution is 2.26. The van der Waals surface area contributed by atoms with E-state index >= 15 is 0 Å². The smallest absolute Gasteiger partial charge is 0.251 e. The van der Waals surface area contributed by atoms with Crippen molar-refractivity contribution in [2.24, 2.45) is 5.92 Å². The minimum absolute atomic E-state index is 0.0898. The lowest BCUT2D eigenvalue weighted by molar-refractivity contribution is -0.119. The first-order valence-electron chi connectivity index (χ1n) is 10.7. The number of H-pyrrole nitrogens is 1. The van der Waals surface area contributed by atoms with Gasteiger partial charge in [0, 0.05) is 47.4 Å². The number of carbonyl (C=O) groups excluding carboxylic acids is 2. The molecule has 0 aliphatic rings. The molecule has 2 N–H and O–H groups in total. The summed E-state index contributed by atoms with van der Waals surface area (Å²) in [5.41, 5.74) is 2.62. The number of benzene rings is 2. The molecule has 1 unspecified atom stereocenters. The molecule has 3 rings (SSSR count). The molecule has 5 heteroatoms. The van der Waals surface area contributed by atoms with Crippen molar-refractivity contribution in [3.05, 3.63) is 66.4 Å². The Bertz CT molecular complexity index is 978. The molecule has 0 spiro atoms. The molecule has 0 saturated heterocycles. The van der Waals surface area contributed by atoms with Gasteiger partial charge >= 0.3 is 0 Å². The lowest BCUT2D eigenvalue weighted by atomic mass is 10.0. The Kier molecular flexibility index (Phi) is 7.28. The fourth-order valence-corrected chi connectivity index (χ4v) is 3.88. The maximum absolute atomic E-state index is 13.2. The van der Waals surface area contributed by atoms with Gasteiger partial charge in [0.1, 0.15) is 0 Å². The van der Waals surface area contributed by atoms with Gasteiger partial charge in [-0.25, -0.2) is 0 Å². The molecule has 2 amide bonds. The van der Waals surface area contributed by atoms with Crippen molar-refractivity contribution in [2.45, 2.75) is 46.1 Å². The van der Waals surface area contributed by atoms with Crippen molar-refractivity contribution < 1.29 is 9.59 Å². The number of amides is 2. The second-order valence-electron chi connectivity index (χ2n) is 8.22. The lowest BCUT2D eigenvalue weighted by Gasteiger charge is -2.31. The Morgan fingerprint density at radius 3 is 2.53 bits per heavy atom. The zero-order valence-corrected chi connectivity index (χ0v) is 18.0. The van der Waals surface area contributed by atoms with E-state index in [-0.39, 0.29) is 17.9 Å². The van der Waals surface area contributed by atoms with Crippen LogP contribution in [0.25, 0.3) is 10.9 Å². The second kappa shape index (κ2) is 10.1. The SMILES string of the molecule is CC(C)CC(C)N(C(=O)CCCNC(=O)c1ccccc1)c1ccc2[nH]ccc2c1. The molecule has 0 saturated carbocycles. The van der Waals surface area contributed by atoms with Gasteiger partial charge in [0.2, 0.25) is 5.91 Å². The summed E-state index contributed by atoms with van der Waals surface area (Å²) < 4.78 is 0. The van der Waals surface area contributed by atoms with Crippen molar-refractivity contribution in [2.75, 3.05) is 11.4 Å². The molecule has 1 heterocycles. The van der Waals surface area contributed by atoms with Crippen LogP contribution in [-0.2, 0) is 4.79 Å². The quantitative estimate of drug-likeness (QED) is 0.484. The highest BCUT2D eigenvalue weighted by molar-refractivity contribution is 5.96. The van der Waals surface area contributed by atoms with E-state index in [0.29, 0.717) is 30.9 Å². The van der Waals surface area contributed by atoms with Crippen LogP contribution in [0.2, 0.25) is 0 Å². The van der Waals surface area contributed by atoms with Crippen molar-refractivity contribution in [3.8, 4) is 0 Å². The number of hydrogen-bond donors (Lipinski definition) is 2. The summed E-state index contributed by atoms with van der Waals surface area (Å²) in [5.74, 6) is 0.481. The van der Waals surface area contributed by atoms with Crippen molar-refractivity contribution >= 4 is 28.4 Å². The molecule has 1 atom stereocenters. The van der Waals surface area contributed by atoms with Gasteiger partial charge in [0.15, 0.2) is 0 Å². The van der Waals surface area contributed by atoms with Crippen LogP contribution in [0.5, 0.6) is 0 Å². The molecule has 1 aromatic heterocycles. The summed E-state index contributed by atoms with van der Waals surface area (Å²) in [4.78, 5) is 30.4. The van der Waals surface area contributed by atoms with Gasteiger partial charge in [-0.15, -0.1) is 0 Å². The molecule has 0 aliphatic heterocycles. The first-order valence-corrected chi connectivity index (χ1v) is 10.7. The summed E-state index contributed by atoms with van der Waals surface area (Å²) >= 11 is 0. The van der Waals surface area contributed by atoms with Gasteiger partial charge < -0.3 is 15.2 Å². The van der Waals surface area contributed by atoms with Gasteiger partial charge in [0.05, 0.1) is 0 Å². The predicted octanol–water partition coefficient (Wildman–Crippen LogP) is 5.15. The molecule has 0 aliphatic carbocycles. The minimum atomic E-state index is -0.106. The van der Waals surface area contributed by atoms with E-state index in [9.17, 15) is 9.59 Å². The summed E-state index contributed by atoms with van der Waals surface area (Å²) in [7, 11) is 0. The van der Waals surface area contributed by atoms with Crippen LogP contribution in [0.3, 0.4) is 0 Å². The van der Waals surface area contributed by atoms with Crippen LogP contribution in [0.1, 0.15) is 50.4 Å². The van der Waals surface area contributed by atoms with Crippen molar-refractivity contribution in [1.82, 2.24) is 10.3 Å². The molecule has 30 heavy (non-hydrogen) atoms. The molecule has 5 nitrogen and oxygen atoms in total. The van der Waals surface area contributed by atoms with E-state index in [1.165, 1.54) is 0 Å². The van der Waals surface area contributed by atoms with Crippen molar-refractivity contribution in [3.63, 3.8) is 0 Å². The average Bonchev–Trinajstić information content (AvgIpc) is 3.19. The number of nitrogens with one attached hydrogen (secondary N) is 2. The van der Waals surface area contributed by atoms with Gasteiger partial charge in [-0.05, 0) is 62.1 Å². The molecular weight excluding hydrogens is 374 g/mol. The highest BCUT2D eigenvalue weighted by atomic mass is 16.2. The number of anilines is 1. The number of aromatic amines is 1. The molecular formula is C25H31N3O2. The van der Waals surface area contributed by atoms with Crippen LogP contribution in [0.15, 0.2) is 60.8 Å². The molecule has 0 fully saturated rings. The third kappa shape index (κ3) is 5.50. The van der Waals surface area contributed by atoms with Crippen LogP contribution in [0, 0.1) is 5.92 Å². The predicted molar refractivity (Wildman–Crippen MR) is 123 cm³/mol. The Balaban J connectivity index is 1.63. The van der Waals surface area contributed by atoms with E-state index in [0.717, 1.165) is 23.0 Å². The van der Waals surface area contributed by atoms with Crippen LogP contribution >= 0.6 is 0 Å². The van der Waals surface area contributed by atoms with Gasteiger partial charge in [0.25, 0.3) is 5.91 Å². The zero-order chi connectivity index (χ0) is 21.5. The van der Waals surface area contributed by atoms with Crippen LogP contribution < -0.4 is 10.2 Å². The average molecular weight is 406 g/mol. The Labute approximate surface area is 178 Å². The van der Waals surface area contributed by atoms with E-state index in [1.807, 2.05) is 47.5 Å². The largest absolute Gasteiger partial charge is 0.361 e. The number of nitrogens with zero attached hydrogens (tertiary/aromatic N) is 1. The summed E-state index contributed by atoms with van der Waals surface area (Å²) in [5, 5.41) is 4.00. The topological polar surface area (TPSA) is 65.2 Å². The van der Waals surface area contributed by atoms with Crippen LogP contribution in [-0.4, -0.2) is 29.4 Å². The van der Waals surface area contributed by atoms with E-state index in [2.05, 4.69) is 37.1 Å². The number of fused-ring (bicyclic) bond motifs is 1. The van der Waals surface area contributed by atoms with Gasteiger partial charge in [-0.2, -0.15) is 0 Å². The maximum Gasteiger partial charge on any atom is 0.251 e. The number of rotatable bonds is 9. The van der Waals surface area contributed by atoms with Crippen molar-refractivity contribution in [1.29, 1.82) is 0 Å². The molecule has 0 bridgehead atoms. The number of aromatic nitrogens is 1. The molecule has 3 aromatic rings. The van der Waals surface area contributed by atoms with Gasteiger partial charge in [-0.3, -0.25) is 9.59 Å². The van der Waals surface area contributed by atoms with E-state index in [4.69, 9.17) is 0 Å². The summed E-state index contributed by atoms with van der Waals surface area (Å²) in [6.07, 6.45) is 3.84. The molecule has 158 valence electrons. The fraction of sp³-hybridized carbons (Fsp3) is 0.360. The minimum Gasteiger partial charge on any atom is -0.361 e. The summed E-state index contributed by atoms with van der Waals surface area (Å²) in [6, 6.07) is 17.4. The number of carbonyl (C=O) groups is 2. The monoisotopic (exact) mass is 405 g/mol. The summed E-state index contributed by atoms with van der Waals surface area (Å²) in [6.45, 7) is 6.93. The first-order chi connectivity index (χ1) is 14.5. The van der Waals surface area contributed by atoms with E-state index in [1.54, 1.807) is 12.1 Å². The van der Waals surface area contributed by atoms with Gasteiger partial charge in [-0.1, -0.05) is 32.0 Å². The van der Waals surface area contributed by atoms with E-state index < -0.39 is 0 Å². The highest BCUT2D eigenvalue weighted by Gasteiger charge is 2.23. The second-order valence-corrected chi connectivity index (χ2v) is 8.22. The molecule has 2 aromatic carbocycles.